The zero-order valence-electron chi connectivity index (χ0n) is 9.31. The Kier molecular flexibility index (Phi) is 3.06. The van der Waals surface area contributed by atoms with Crippen LogP contribution in [0, 0.1) is 0 Å². The van der Waals surface area contributed by atoms with Crippen LogP contribution in [0.15, 0.2) is 41.8 Å². The summed E-state index contributed by atoms with van der Waals surface area (Å²) in [7, 11) is 3.93. The van der Waals surface area contributed by atoms with Crippen molar-refractivity contribution in [1.29, 1.82) is 0 Å². The van der Waals surface area contributed by atoms with Gasteiger partial charge in [0.25, 0.3) is 0 Å². The number of nitrogens with zero attached hydrogens (tertiary/aromatic N) is 1. The summed E-state index contributed by atoms with van der Waals surface area (Å²) in [6.45, 7) is 0. The molecule has 1 aromatic carbocycles. The predicted molar refractivity (Wildman–Crippen MR) is 68.5 cm³/mol. The molecule has 82 valence electrons. The first-order valence-electron chi connectivity index (χ1n) is 5.04. The van der Waals surface area contributed by atoms with Gasteiger partial charge in [0.05, 0.1) is 4.88 Å². The number of anilines is 1. The number of rotatable bonds is 3. The molecule has 0 amide bonds. The van der Waals surface area contributed by atoms with Crippen molar-refractivity contribution in [2.75, 3.05) is 19.0 Å². The van der Waals surface area contributed by atoms with Crippen molar-refractivity contribution < 1.29 is 4.79 Å². The third-order valence-electron chi connectivity index (χ3n) is 2.37. The molecule has 0 saturated carbocycles. The summed E-state index contributed by atoms with van der Waals surface area (Å²) < 4.78 is 0. The maximum absolute atomic E-state index is 12.1. The van der Waals surface area contributed by atoms with E-state index in [-0.39, 0.29) is 5.78 Å². The number of benzene rings is 1. The van der Waals surface area contributed by atoms with Crippen LogP contribution >= 0.6 is 11.3 Å². The summed E-state index contributed by atoms with van der Waals surface area (Å²) in [4.78, 5) is 14.9. The van der Waals surface area contributed by atoms with Gasteiger partial charge in [0.2, 0.25) is 5.78 Å². The van der Waals surface area contributed by atoms with Gasteiger partial charge in [-0.2, -0.15) is 0 Å². The Hall–Kier alpha value is -1.61. The predicted octanol–water partition coefficient (Wildman–Crippen LogP) is 3.05. The highest BCUT2D eigenvalue weighted by Gasteiger charge is 2.10. The Labute approximate surface area is 99.1 Å². The van der Waals surface area contributed by atoms with Crippen LogP contribution in [0.5, 0.6) is 0 Å². The van der Waals surface area contributed by atoms with Crippen molar-refractivity contribution in [3.05, 3.63) is 52.2 Å². The third-order valence-corrected chi connectivity index (χ3v) is 3.24. The van der Waals surface area contributed by atoms with Gasteiger partial charge in [0, 0.05) is 25.3 Å². The van der Waals surface area contributed by atoms with E-state index in [9.17, 15) is 4.79 Å². The zero-order valence-corrected chi connectivity index (χ0v) is 10.1. The molecule has 0 atom stereocenters. The minimum absolute atomic E-state index is 0.0960. The first-order chi connectivity index (χ1) is 7.68. The number of carbonyl (C=O) groups is 1. The smallest absolute Gasteiger partial charge is 0.203 e. The quantitative estimate of drug-likeness (QED) is 0.757. The van der Waals surface area contributed by atoms with Crippen molar-refractivity contribution in [3.8, 4) is 0 Å². The highest BCUT2D eigenvalue weighted by atomic mass is 32.1. The normalized spacial score (nSPS) is 10.1. The number of thiophene rings is 1. The highest BCUT2D eigenvalue weighted by molar-refractivity contribution is 7.12. The van der Waals surface area contributed by atoms with Crippen LogP contribution in [0.1, 0.15) is 15.2 Å². The molecule has 3 heteroatoms. The number of carbonyl (C=O) groups excluding carboxylic acids is 1. The summed E-state index contributed by atoms with van der Waals surface area (Å²) in [5.74, 6) is 0.0960. The second-order valence-electron chi connectivity index (χ2n) is 3.75. The van der Waals surface area contributed by atoms with Gasteiger partial charge in [-0.15, -0.1) is 11.3 Å². The van der Waals surface area contributed by atoms with E-state index in [4.69, 9.17) is 0 Å². The first-order valence-corrected chi connectivity index (χ1v) is 5.92. The molecule has 0 aliphatic carbocycles. The molecule has 0 aliphatic heterocycles. The van der Waals surface area contributed by atoms with E-state index in [0.29, 0.717) is 0 Å². The van der Waals surface area contributed by atoms with Crippen LogP contribution in [0.2, 0.25) is 0 Å². The van der Waals surface area contributed by atoms with Crippen molar-refractivity contribution >= 4 is 22.8 Å². The van der Waals surface area contributed by atoms with Gasteiger partial charge in [0.15, 0.2) is 0 Å². The third kappa shape index (κ3) is 2.14. The van der Waals surface area contributed by atoms with E-state index in [1.54, 1.807) is 0 Å². The maximum atomic E-state index is 12.1. The summed E-state index contributed by atoms with van der Waals surface area (Å²) >= 11 is 1.48. The Morgan fingerprint density at radius 2 is 2.00 bits per heavy atom. The van der Waals surface area contributed by atoms with Crippen molar-refractivity contribution in [2.45, 2.75) is 0 Å². The largest absolute Gasteiger partial charge is 0.378 e. The lowest BCUT2D eigenvalue weighted by Crippen LogP contribution is -2.09. The second-order valence-corrected chi connectivity index (χ2v) is 4.70. The molecule has 0 aliphatic rings. The Balaban J connectivity index is 2.34. The van der Waals surface area contributed by atoms with Gasteiger partial charge in [-0.05, 0) is 23.6 Å². The van der Waals surface area contributed by atoms with Crippen molar-refractivity contribution in [1.82, 2.24) is 0 Å². The molecule has 0 radical (unpaired) electrons. The van der Waals surface area contributed by atoms with E-state index in [1.165, 1.54) is 11.3 Å². The molecule has 0 saturated heterocycles. The Morgan fingerprint density at radius 3 is 2.62 bits per heavy atom. The fraction of sp³-hybridized carbons (Fsp3) is 0.154. The molecule has 1 heterocycles. The molecule has 2 rings (SSSR count). The van der Waals surface area contributed by atoms with Crippen LogP contribution in [0.25, 0.3) is 0 Å². The number of hydrogen-bond donors (Lipinski definition) is 0. The van der Waals surface area contributed by atoms with Crippen LogP contribution in [-0.4, -0.2) is 19.9 Å². The van der Waals surface area contributed by atoms with Gasteiger partial charge in [-0.3, -0.25) is 4.79 Å². The highest BCUT2D eigenvalue weighted by Crippen LogP contribution is 2.19. The minimum atomic E-state index is 0.0960. The summed E-state index contributed by atoms with van der Waals surface area (Å²) in [5, 5.41) is 1.92. The van der Waals surface area contributed by atoms with Gasteiger partial charge >= 0.3 is 0 Å². The average Bonchev–Trinajstić information content (AvgIpc) is 2.81. The molecule has 16 heavy (non-hydrogen) atoms. The lowest BCUT2D eigenvalue weighted by atomic mass is 10.1. The van der Waals surface area contributed by atoms with Gasteiger partial charge < -0.3 is 4.90 Å². The van der Waals surface area contributed by atoms with Gasteiger partial charge in [0.1, 0.15) is 0 Å². The van der Waals surface area contributed by atoms with Crippen LogP contribution < -0.4 is 4.90 Å². The lowest BCUT2D eigenvalue weighted by molar-refractivity contribution is 0.104. The zero-order chi connectivity index (χ0) is 11.5. The molecule has 0 bridgehead atoms. The summed E-state index contributed by atoms with van der Waals surface area (Å²) in [6, 6.07) is 11.4. The number of hydrogen-bond acceptors (Lipinski definition) is 3. The van der Waals surface area contributed by atoms with E-state index in [1.807, 2.05) is 60.8 Å². The maximum Gasteiger partial charge on any atom is 0.203 e. The second kappa shape index (κ2) is 4.49. The molecule has 0 fully saturated rings. The fourth-order valence-corrected chi connectivity index (χ4v) is 2.16. The van der Waals surface area contributed by atoms with E-state index in [2.05, 4.69) is 0 Å². The van der Waals surface area contributed by atoms with Crippen LogP contribution in [0.3, 0.4) is 0 Å². The molecule has 0 N–H and O–H groups in total. The van der Waals surface area contributed by atoms with E-state index in [0.717, 1.165) is 16.1 Å². The molecular formula is C13H13NOS. The van der Waals surface area contributed by atoms with E-state index >= 15 is 0 Å². The summed E-state index contributed by atoms with van der Waals surface area (Å²) in [6.07, 6.45) is 0. The van der Waals surface area contributed by atoms with E-state index < -0.39 is 0 Å². The Bertz CT molecular complexity index is 488. The molecule has 2 nitrogen and oxygen atoms in total. The van der Waals surface area contributed by atoms with Gasteiger partial charge in [-0.1, -0.05) is 18.2 Å². The SMILES string of the molecule is CN(C)c1cccc(C(=O)c2cccs2)c1. The first kappa shape index (κ1) is 10.9. The standard InChI is InChI=1S/C13H13NOS/c1-14(2)11-6-3-5-10(9-11)13(15)12-7-4-8-16-12/h3-9H,1-2H3. The van der Waals surface area contributed by atoms with Crippen LogP contribution in [-0.2, 0) is 0 Å². The van der Waals surface area contributed by atoms with Gasteiger partial charge in [-0.25, -0.2) is 0 Å². The minimum Gasteiger partial charge on any atom is -0.378 e. The molecular weight excluding hydrogens is 218 g/mol. The molecule has 0 unspecified atom stereocenters. The molecule has 2 aromatic rings. The fourth-order valence-electron chi connectivity index (χ4n) is 1.48. The lowest BCUT2D eigenvalue weighted by Gasteiger charge is -2.12. The monoisotopic (exact) mass is 231 g/mol. The number of ketones is 1. The van der Waals surface area contributed by atoms with Crippen LogP contribution in [0.4, 0.5) is 5.69 Å². The van der Waals surface area contributed by atoms with Crippen molar-refractivity contribution in [3.63, 3.8) is 0 Å². The topological polar surface area (TPSA) is 20.3 Å². The summed E-state index contributed by atoms with van der Waals surface area (Å²) in [5.41, 5.74) is 1.79. The average molecular weight is 231 g/mol. The molecule has 1 aromatic heterocycles. The molecule has 0 spiro atoms. The Morgan fingerprint density at radius 1 is 1.19 bits per heavy atom. The van der Waals surface area contributed by atoms with Crippen molar-refractivity contribution in [2.24, 2.45) is 0 Å².